The molecule has 0 aromatic carbocycles. The number of hydrogen-bond donors (Lipinski definition) is 0. The van der Waals surface area contributed by atoms with Crippen LogP contribution in [0.2, 0.25) is 0 Å². The van der Waals surface area contributed by atoms with Crippen molar-refractivity contribution in [3.8, 4) is 0 Å². The molecule has 0 amide bonds. The van der Waals surface area contributed by atoms with Crippen LogP contribution in [0.4, 0.5) is 0 Å². The second kappa shape index (κ2) is 29.9. The Kier molecular flexibility index (Phi) is 36.1. The molecule has 0 radical (unpaired) electrons. The minimum Gasteiger partial charge on any atom is -1.00 e. The summed E-state index contributed by atoms with van der Waals surface area (Å²) in [6.07, 6.45) is 24.4. The van der Waals surface area contributed by atoms with Gasteiger partial charge < -0.3 is 2.85 Å². The van der Waals surface area contributed by atoms with Crippen LogP contribution in [0.25, 0.3) is 0 Å². The second-order valence-corrected chi connectivity index (χ2v) is 9.70. The van der Waals surface area contributed by atoms with Gasteiger partial charge >= 0.3 is 69.5 Å². The maximum Gasteiger partial charge on any atom is 1.00 e. The van der Waals surface area contributed by atoms with Gasteiger partial charge in [-0.3, -0.25) is 0 Å². The number of unbranched alkanes of at least 4 members (excludes halogenated alkanes) is 18. The molecule has 31 heavy (non-hydrogen) atoms. The van der Waals surface area contributed by atoms with Crippen molar-refractivity contribution in [1.82, 2.24) is 0 Å². The monoisotopic (exact) mass is 482 g/mol. The summed E-state index contributed by atoms with van der Waals surface area (Å²) in [6, 6.07) is 0. The Hall–Kier alpha value is 1.87. The van der Waals surface area contributed by atoms with E-state index in [1.54, 1.807) is 0 Å². The molecule has 0 rings (SSSR count). The summed E-state index contributed by atoms with van der Waals surface area (Å²) in [5, 5.41) is 0. The molecule has 180 valence electrons. The average molecular weight is 483 g/mol. The molecule has 0 aliphatic heterocycles. The number of rotatable bonds is 24. The van der Waals surface area contributed by atoms with E-state index in [4.69, 9.17) is 8.37 Å². The van der Waals surface area contributed by atoms with Crippen molar-refractivity contribution in [3.63, 3.8) is 0 Å². The van der Waals surface area contributed by atoms with E-state index in [-0.39, 0.29) is 75.2 Å². The summed E-state index contributed by atoms with van der Waals surface area (Å²) in [7, 11) is -3.80. The van der Waals surface area contributed by atoms with Crippen molar-refractivity contribution in [2.75, 3.05) is 13.2 Å². The van der Waals surface area contributed by atoms with E-state index in [2.05, 4.69) is 13.8 Å². The van der Waals surface area contributed by atoms with E-state index in [0.29, 0.717) is 0 Å². The van der Waals surface area contributed by atoms with Crippen LogP contribution in [-0.4, -0.2) is 21.6 Å². The average Bonchev–Trinajstić information content (AvgIpc) is 2.70. The molecule has 0 aliphatic rings. The van der Waals surface area contributed by atoms with E-state index >= 15 is 0 Å². The first-order chi connectivity index (χ1) is 14.1. The summed E-state index contributed by atoms with van der Waals surface area (Å²) in [6.45, 7) is 4.98. The van der Waals surface area contributed by atoms with Gasteiger partial charge in [0.05, 0.1) is 13.2 Å². The van der Waals surface area contributed by atoms with E-state index in [1.165, 1.54) is 89.9 Å². The molecule has 0 saturated heterocycles. The Bertz CT molecular complexity index is 399. The van der Waals surface area contributed by atoms with Crippen molar-refractivity contribution >= 4 is 10.4 Å². The minimum absolute atomic E-state index is 0. The van der Waals surface area contributed by atoms with Gasteiger partial charge in [-0.1, -0.05) is 129 Å². The van der Waals surface area contributed by atoms with Crippen LogP contribution in [0, 0.1) is 0 Å². The van der Waals surface area contributed by atoms with Crippen molar-refractivity contribution in [2.24, 2.45) is 0 Å². The van der Waals surface area contributed by atoms with Crippen LogP contribution < -0.4 is 59.1 Å². The number of hydrogen-bond acceptors (Lipinski definition) is 4. The molecule has 0 atom stereocenters. The normalized spacial score (nSPS) is 11.2. The molecule has 0 spiro atoms. The molecule has 0 heterocycles. The Morgan fingerprint density at radius 2 is 0.677 bits per heavy atom. The Labute approximate surface area is 242 Å². The molecule has 0 saturated carbocycles. The van der Waals surface area contributed by atoms with Crippen molar-refractivity contribution in [2.45, 2.75) is 142 Å². The summed E-state index contributed by atoms with van der Waals surface area (Å²) >= 11 is 0. The Morgan fingerprint density at radius 3 is 0.935 bits per heavy atom. The molecule has 0 aromatic rings. The summed E-state index contributed by atoms with van der Waals surface area (Å²) in [5.41, 5.74) is 0. The van der Waals surface area contributed by atoms with Crippen molar-refractivity contribution in [3.05, 3.63) is 0 Å². The first kappa shape index (κ1) is 37.4. The molecule has 0 aromatic heterocycles. The maximum atomic E-state index is 11.7. The third kappa shape index (κ3) is 31.9. The molecule has 4 nitrogen and oxygen atoms in total. The third-order valence-electron chi connectivity index (χ3n) is 5.45. The fourth-order valence-corrected chi connectivity index (χ4v) is 4.25. The summed E-state index contributed by atoms with van der Waals surface area (Å²) < 4.78 is 33.3. The zero-order valence-electron chi connectivity index (χ0n) is 23.6. The van der Waals surface area contributed by atoms with Crippen LogP contribution in [0.15, 0.2) is 0 Å². The van der Waals surface area contributed by atoms with Gasteiger partial charge in [0.15, 0.2) is 0 Å². The van der Waals surface area contributed by atoms with Gasteiger partial charge in [0.25, 0.3) is 0 Å². The summed E-state index contributed by atoms with van der Waals surface area (Å²) in [5.74, 6) is 0. The van der Waals surface area contributed by atoms with Gasteiger partial charge in [-0.05, 0) is 12.8 Å². The quantitative estimate of drug-likeness (QED) is 0.157. The zero-order chi connectivity index (χ0) is 21.5. The van der Waals surface area contributed by atoms with E-state index in [0.717, 1.165) is 38.5 Å². The van der Waals surface area contributed by atoms with Gasteiger partial charge in [-0.2, -0.15) is 8.42 Å². The van der Waals surface area contributed by atoms with Crippen molar-refractivity contribution < 1.29 is 78.8 Å². The Balaban J connectivity index is -0.000000653. The molecule has 0 N–H and O–H groups in total. The first-order valence-corrected chi connectivity index (χ1v) is 14.0. The Morgan fingerprint density at radius 1 is 0.452 bits per heavy atom. The van der Waals surface area contributed by atoms with Gasteiger partial charge in [0.1, 0.15) is 0 Å². The van der Waals surface area contributed by atoms with Crippen LogP contribution in [0.3, 0.4) is 0 Å². The van der Waals surface area contributed by atoms with E-state index in [1.807, 2.05) is 0 Å². The predicted octanol–water partition coefficient (Wildman–Crippen LogP) is 2.34. The van der Waals surface area contributed by atoms with Gasteiger partial charge in [0.2, 0.25) is 0 Å². The summed E-state index contributed by atoms with van der Waals surface area (Å²) in [4.78, 5) is 0. The third-order valence-corrected chi connectivity index (χ3v) is 6.36. The van der Waals surface area contributed by atoms with Crippen LogP contribution in [0.1, 0.15) is 145 Å². The fraction of sp³-hybridized carbons (Fsp3) is 1.00. The molecule has 0 bridgehead atoms. The fourth-order valence-electron chi connectivity index (χ4n) is 3.53. The van der Waals surface area contributed by atoms with Crippen LogP contribution in [-0.2, 0) is 18.8 Å². The van der Waals surface area contributed by atoms with E-state index in [9.17, 15) is 8.42 Å². The molecule has 0 unspecified atom stereocenters. The van der Waals surface area contributed by atoms with E-state index < -0.39 is 10.4 Å². The molecule has 0 fully saturated rings. The zero-order valence-corrected chi connectivity index (χ0v) is 26.4. The molecular formula is C24H52Na2O4S. The smallest absolute Gasteiger partial charge is 1.00 e. The second-order valence-electron chi connectivity index (χ2n) is 8.42. The topological polar surface area (TPSA) is 52.6 Å². The van der Waals surface area contributed by atoms with Gasteiger partial charge in [0, 0.05) is 0 Å². The van der Waals surface area contributed by atoms with Gasteiger partial charge in [-0.25, -0.2) is 8.37 Å². The van der Waals surface area contributed by atoms with Crippen molar-refractivity contribution in [1.29, 1.82) is 0 Å². The molecule has 0 aliphatic carbocycles. The standard InChI is InChI=1S/C24H50O4S.2Na.2H/c1-3-5-7-9-11-13-15-17-19-21-23-27-29(25,26)28-24-22-20-18-16-14-12-10-8-6-4-2;;;;/h3-24H2,1-2H3;;;;/q;2*+1;2*-1. The van der Waals surface area contributed by atoms with Gasteiger partial charge in [-0.15, -0.1) is 0 Å². The minimum atomic E-state index is -3.80. The first-order valence-electron chi connectivity index (χ1n) is 12.7. The van der Waals surface area contributed by atoms with Crippen LogP contribution >= 0.6 is 0 Å². The maximum absolute atomic E-state index is 11.7. The molecule has 7 heteroatoms. The SMILES string of the molecule is CCCCCCCCCCCCOS(=O)(=O)OCCCCCCCCCCCC.[H-].[H-].[Na+].[Na+]. The predicted molar refractivity (Wildman–Crippen MR) is 127 cm³/mol. The largest absolute Gasteiger partial charge is 1.00 e. The molecular weight excluding hydrogens is 430 g/mol. The van der Waals surface area contributed by atoms with Crippen LogP contribution in [0.5, 0.6) is 0 Å².